The molecule has 4 aromatic rings. The van der Waals surface area contributed by atoms with Crippen LogP contribution in [0.1, 0.15) is 46.5 Å². The number of esters is 1. The van der Waals surface area contributed by atoms with E-state index in [1.54, 1.807) is 75.4 Å². The molecule has 250 valence electrons. The summed E-state index contributed by atoms with van der Waals surface area (Å²) in [6.45, 7) is 5.18. The Bertz CT molecular complexity index is 1760. The number of rotatable bonds is 12. The number of aryl methyl sites for hydroxylation is 1. The zero-order valence-electron chi connectivity index (χ0n) is 26.6. The number of anilines is 1. The fourth-order valence-electron chi connectivity index (χ4n) is 5.13. The van der Waals surface area contributed by atoms with Crippen LogP contribution in [-0.4, -0.2) is 48.4 Å². The van der Waals surface area contributed by atoms with Gasteiger partial charge in [-0.3, -0.25) is 24.2 Å². The summed E-state index contributed by atoms with van der Waals surface area (Å²) in [4.78, 5) is 57.2. The Morgan fingerprint density at radius 1 is 0.792 bits per heavy atom. The van der Waals surface area contributed by atoms with E-state index < -0.39 is 47.5 Å². The molecule has 1 aromatic heterocycles. The van der Waals surface area contributed by atoms with E-state index in [9.17, 15) is 32.3 Å². The van der Waals surface area contributed by atoms with E-state index in [0.29, 0.717) is 27.9 Å². The molecule has 1 heterocycles. The first-order valence-corrected chi connectivity index (χ1v) is 15.2. The van der Waals surface area contributed by atoms with Crippen molar-refractivity contribution in [2.75, 3.05) is 25.0 Å². The van der Waals surface area contributed by atoms with Crippen LogP contribution in [0.25, 0.3) is 11.3 Å². The van der Waals surface area contributed by atoms with E-state index in [4.69, 9.17) is 4.74 Å². The van der Waals surface area contributed by atoms with E-state index in [1.165, 1.54) is 24.4 Å². The van der Waals surface area contributed by atoms with Crippen LogP contribution in [0.3, 0.4) is 0 Å². The maximum absolute atomic E-state index is 13.3. The molecule has 3 aromatic carbocycles. The van der Waals surface area contributed by atoms with E-state index in [0.717, 1.165) is 12.1 Å². The predicted octanol–water partition coefficient (Wildman–Crippen LogP) is 5.62. The van der Waals surface area contributed by atoms with Crippen molar-refractivity contribution in [3.8, 4) is 11.3 Å². The zero-order chi connectivity index (χ0) is 34.9. The number of halogens is 3. The normalized spacial score (nSPS) is 11.4. The minimum atomic E-state index is -4.49. The summed E-state index contributed by atoms with van der Waals surface area (Å²) in [5, 5.41) is 8.18. The highest BCUT2D eigenvalue weighted by Gasteiger charge is 2.48. The molecule has 0 aliphatic heterocycles. The van der Waals surface area contributed by atoms with Crippen molar-refractivity contribution in [3.63, 3.8) is 0 Å². The number of pyridine rings is 1. The van der Waals surface area contributed by atoms with Crippen molar-refractivity contribution >= 4 is 29.4 Å². The van der Waals surface area contributed by atoms with Gasteiger partial charge in [0.2, 0.25) is 11.8 Å². The number of amides is 3. The molecule has 9 nitrogen and oxygen atoms in total. The maximum atomic E-state index is 13.3. The molecule has 0 fully saturated rings. The monoisotopic (exact) mass is 660 g/mol. The second kappa shape index (κ2) is 15.4. The standard InChI is InChI=1S/C36H35F3N4O5/c1-4-40-33(46)35(34(47)41-5-2,26-10-7-6-8-11-26)22-48-30(44)21-24-13-18-29(23(3)20-24)43-32(45)28-12-9-19-42-31(28)25-14-16-27(17-15-25)36(37,38)39/h6-20H,4-5,21-22H2,1-3H3,(H,40,46)(H,41,47)(H,43,45). The first-order chi connectivity index (χ1) is 22.9. The molecule has 12 heteroatoms. The smallest absolute Gasteiger partial charge is 0.416 e. The van der Waals surface area contributed by atoms with Gasteiger partial charge in [-0.15, -0.1) is 0 Å². The molecule has 0 unspecified atom stereocenters. The van der Waals surface area contributed by atoms with E-state index in [-0.39, 0.29) is 30.8 Å². The van der Waals surface area contributed by atoms with Crippen LogP contribution in [-0.2, 0) is 37.1 Å². The number of hydrogen-bond acceptors (Lipinski definition) is 6. The Kier molecular flexibility index (Phi) is 11.3. The van der Waals surface area contributed by atoms with Gasteiger partial charge in [0.25, 0.3) is 5.91 Å². The average Bonchev–Trinajstić information content (AvgIpc) is 3.06. The molecule has 0 radical (unpaired) electrons. The third kappa shape index (κ3) is 8.06. The summed E-state index contributed by atoms with van der Waals surface area (Å²) in [7, 11) is 0. The molecule has 48 heavy (non-hydrogen) atoms. The second-order valence-corrected chi connectivity index (χ2v) is 10.9. The van der Waals surface area contributed by atoms with Crippen LogP contribution in [0.4, 0.5) is 18.9 Å². The molecule has 0 aliphatic carbocycles. The summed E-state index contributed by atoms with van der Waals surface area (Å²) in [6.07, 6.45) is -3.23. The predicted molar refractivity (Wildman–Crippen MR) is 174 cm³/mol. The Morgan fingerprint density at radius 3 is 2.02 bits per heavy atom. The third-order valence-electron chi connectivity index (χ3n) is 7.59. The number of benzene rings is 3. The van der Waals surface area contributed by atoms with Gasteiger partial charge in [-0.05, 0) is 67.8 Å². The van der Waals surface area contributed by atoms with Gasteiger partial charge >= 0.3 is 12.1 Å². The Hall–Kier alpha value is -5.52. The van der Waals surface area contributed by atoms with Crippen molar-refractivity contribution < 1.29 is 37.1 Å². The van der Waals surface area contributed by atoms with Crippen molar-refractivity contribution in [2.24, 2.45) is 0 Å². The topological polar surface area (TPSA) is 126 Å². The number of carbonyl (C=O) groups is 4. The van der Waals surface area contributed by atoms with Crippen LogP contribution in [0, 0.1) is 6.92 Å². The Balaban J connectivity index is 1.48. The van der Waals surface area contributed by atoms with Gasteiger partial charge in [0, 0.05) is 30.5 Å². The Labute approximate surface area is 275 Å². The summed E-state index contributed by atoms with van der Waals surface area (Å²) in [5.74, 6) is -2.39. The fraction of sp³-hybridized carbons (Fsp3) is 0.250. The van der Waals surface area contributed by atoms with E-state index >= 15 is 0 Å². The summed E-state index contributed by atoms with van der Waals surface area (Å²) in [6, 6.07) is 20.8. The fourth-order valence-corrected chi connectivity index (χ4v) is 5.13. The molecule has 0 saturated heterocycles. The SMILES string of the molecule is CCNC(=O)C(COC(=O)Cc1ccc(NC(=O)c2cccnc2-c2ccc(C(F)(F)F)cc2)c(C)c1)(C(=O)NCC)c1ccccc1. The highest BCUT2D eigenvalue weighted by Crippen LogP contribution is 2.32. The quantitative estimate of drug-likeness (QED) is 0.134. The number of alkyl halides is 3. The van der Waals surface area contributed by atoms with Crippen LogP contribution >= 0.6 is 0 Å². The van der Waals surface area contributed by atoms with Crippen LogP contribution in [0.2, 0.25) is 0 Å². The number of likely N-dealkylation sites (N-methyl/N-ethyl adjacent to an activating group) is 2. The minimum Gasteiger partial charge on any atom is -0.463 e. The lowest BCUT2D eigenvalue weighted by atomic mass is 9.79. The second-order valence-electron chi connectivity index (χ2n) is 10.9. The molecule has 0 spiro atoms. The molecule has 3 N–H and O–H groups in total. The number of hydrogen-bond donors (Lipinski definition) is 3. The van der Waals surface area contributed by atoms with Gasteiger partial charge in [-0.1, -0.05) is 54.6 Å². The van der Waals surface area contributed by atoms with Crippen molar-refractivity contribution in [1.82, 2.24) is 15.6 Å². The van der Waals surface area contributed by atoms with Crippen molar-refractivity contribution in [2.45, 2.75) is 38.8 Å². The molecule has 0 saturated carbocycles. The largest absolute Gasteiger partial charge is 0.463 e. The van der Waals surface area contributed by atoms with E-state index in [1.807, 2.05) is 0 Å². The average molecular weight is 661 g/mol. The van der Waals surface area contributed by atoms with Crippen LogP contribution in [0.5, 0.6) is 0 Å². The number of carbonyl (C=O) groups excluding carboxylic acids is 4. The van der Waals surface area contributed by atoms with Crippen molar-refractivity contribution in [3.05, 3.63) is 119 Å². The number of ether oxygens (including phenoxy) is 1. The van der Waals surface area contributed by atoms with Crippen LogP contribution in [0.15, 0.2) is 91.1 Å². The lowest BCUT2D eigenvalue weighted by Crippen LogP contribution is -2.57. The van der Waals surface area contributed by atoms with Crippen molar-refractivity contribution in [1.29, 1.82) is 0 Å². The lowest BCUT2D eigenvalue weighted by molar-refractivity contribution is -0.150. The van der Waals surface area contributed by atoms with E-state index in [2.05, 4.69) is 20.9 Å². The van der Waals surface area contributed by atoms with Gasteiger partial charge in [-0.2, -0.15) is 13.2 Å². The third-order valence-corrected chi connectivity index (χ3v) is 7.59. The molecule has 4 rings (SSSR count). The molecule has 0 atom stereocenters. The lowest BCUT2D eigenvalue weighted by Gasteiger charge is -2.31. The molecule has 0 aliphatic rings. The number of nitrogens with one attached hydrogen (secondary N) is 3. The van der Waals surface area contributed by atoms with Crippen LogP contribution < -0.4 is 16.0 Å². The highest BCUT2D eigenvalue weighted by atomic mass is 19.4. The molecular weight excluding hydrogens is 625 g/mol. The summed E-state index contributed by atoms with van der Waals surface area (Å²) >= 11 is 0. The highest BCUT2D eigenvalue weighted by molar-refractivity contribution is 6.11. The number of nitrogens with zero attached hydrogens (tertiary/aromatic N) is 1. The first-order valence-electron chi connectivity index (χ1n) is 15.2. The zero-order valence-corrected chi connectivity index (χ0v) is 26.6. The van der Waals surface area contributed by atoms with Gasteiger partial charge in [0.05, 0.1) is 23.2 Å². The van der Waals surface area contributed by atoms with Gasteiger partial charge in [0.15, 0.2) is 5.41 Å². The van der Waals surface area contributed by atoms with Gasteiger partial charge in [-0.25, -0.2) is 0 Å². The number of aromatic nitrogens is 1. The summed E-state index contributed by atoms with van der Waals surface area (Å²) < 4.78 is 44.7. The maximum Gasteiger partial charge on any atom is 0.416 e. The molecular formula is C36H35F3N4O5. The van der Waals surface area contributed by atoms with Gasteiger partial charge in [0.1, 0.15) is 6.61 Å². The minimum absolute atomic E-state index is 0.158. The molecule has 3 amide bonds. The Morgan fingerprint density at radius 2 is 1.44 bits per heavy atom. The van der Waals surface area contributed by atoms with Gasteiger partial charge < -0.3 is 20.7 Å². The summed E-state index contributed by atoms with van der Waals surface area (Å²) in [5.41, 5.74) is 0.0924. The molecule has 0 bridgehead atoms. The first kappa shape index (κ1) is 35.3.